The number of nitro groups is 1. The summed E-state index contributed by atoms with van der Waals surface area (Å²) < 4.78 is 0. The number of nitro benzene ring substituents is 1. The molecule has 2 N–H and O–H groups in total. The summed E-state index contributed by atoms with van der Waals surface area (Å²) in [5.41, 5.74) is 0.492. The second kappa shape index (κ2) is 4.53. The van der Waals surface area contributed by atoms with E-state index in [1.807, 2.05) is 0 Å². The Morgan fingerprint density at radius 1 is 1.58 bits per heavy atom. The molecule has 1 aromatic carbocycles. The van der Waals surface area contributed by atoms with E-state index in [9.17, 15) is 14.9 Å². The zero-order valence-electron chi connectivity index (χ0n) is 10.8. The van der Waals surface area contributed by atoms with Crippen LogP contribution in [0.3, 0.4) is 0 Å². The molecule has 0 bridgehead atoms. The van der Waals surface area contributed by atoms with E-state index in [1.165, 1.54) is 18.2 Å². The van der Waals surface area contributed by atoms with E-state index in [0.717, 1.165) is 6.42 Å². The number of nitrogens with one attached hydrogen (secondary N) is 1. The molecule has 1 atom stereocenters. The molecule has 1 saturated carbocycles. The largest absolute Gasteiger partial charge is 0.478 e. The molecule has 0 heterocycles. The highest BCUT2D eigenvalue weighted by Crippen LogP contribution is 2.51. The minimum atomic E-state index is -1.09. The van der Waals surface area contributed by atoms with Crippen LogP contribution in [0.5, 0.6) is 0 Å². The molecule has 102 valence electrons. The topological polar surface area (TPSA) is 92.5 Å². The Hall–Kier alpha value is -2.11. The van der Waals surface area contributed by atoms with E-state index in [1.54, 1.807) is 0 Å². The van der Waals surface area contributed by atoms with Gasteiger partial charge in [0.15, 0.2) is 0 Å². The van der Waals surface area contributed by atoms with E-state index in [0.29, 0.717) is 12.5 Å². The molecule has 1 aromatic rings. The van der Waals surface area contributed by atoms with Gasteiger partial charge < -0.3 is 10.4 Å². The molecule has 0 spiro atoms. The fourth-order valence-corrected chi connectivity index (χ4v) is 2.13. The van der Waals surface area contributed by atoms with Crippen molar-refractivity contribution >= 4 is 17.3 Å². The van der Waals surface area contributed by atoms with E-state index < -0.39 is 10.9 Å². The normalized spacial score (nSPS) is 19.8. The van der Waals surface area contributed by atoms with E-state index in [2.05, 4.69) is 19.2 Å². The summed E-state index contributed by atoms with van der Waals surface area (Å²) in [5, 5.41) is 22.8. The quantitative estimate of drug-likeness (QED) is 0.630. The number of benzene rings is 1. The zero-order valence-corrected chi connectivity index (χ0v) is 10.8. The van der Waals surface area contributed by atoms with Crippen LogP contribution in [0, 0.1) is 21.4 Å². The van der Waals surface area contributed by atoms with Crippen molar-refractivity contribution in [2.75, 3.05) is 11.9 Å². The van der Waals surface area contributed by atoms with Gasteiger partial charge in [-0.15, -0.1) is 0 Å². The third-order valence-corrected chi connectivity index (χ3v) is 3.70. The molecular formula is C13H16N2O4. The van der Waals surface area contributed by atoms with Crippen LogP contribution in [-0.4, -0.2) is 22.5 Å². The maximum atomic E-state index is 10.9. The summed E-state index contributed by atoms with van der Waals surface area (Å²) >= 11 is 0. The van der Waals surface area contributed by atoms with Crippen molar-refractivity contribution in [2.24, 2.45) is 11.3 Å². The lowest BCUT2D eigenvalue weighted by molar-refractivity contribution is -0.384. The molecule has 1 aliphatic carbocycles. The monoisotopic (exact) mass is 264 g/mol. The number of carbonyl (C=O) groups is 1. The molecule has 6 heteroatoms. The van der Waals surface area contributed by atoms with Crippen molar-refractivity contribution in [3.63, 3.8) is 0 Å². The number of aromatic carboxylic acids is 1. The SMILES string of the molecule is CC1(C)CC1CNc1cc(C(=O)O)ccc1[N+](=O)[O-]. The highest BCUT2D eigenvalue weighted by molar-refractivity contribution is 5.90. The fourth-order valence-electron chi connectivity index (χ4n) is 2.13. The average Bonchev–Trinajstić information content (AvgIpc) is 2.93. The molecule has 1 fully saturated rings. The first-order valence-electron chi connectivity index (χ1n) is 6.07. The molecule has 2 rings (SSSR count). The lowest BCUT2D eigenvalue weighted by Crippen LogP contribution is -2.10. The van der Waals surface area contributed by atoms with Crippen LogP contribution < -0.4 is 5.32 Å². The Labute approximate surface area is 110 Å². The van der Waals surface area contributed by atoms with Gasteiger partial charge in [0, 0.05) is 12.6 Å². The number of carboxylic acids is 1. The average molecular weight is 264 g/mol. The number of nitrogens with zero attached hydrogens (tertiary/aromatic N) is 1. The Balaban J connectivity index is 2.18. The Kier molecular flexibility index (Phi) is 3.18. The molecule has 19 heavy (non-hydrogen) atoms. The van der Waals surface area contributed by atoms with Gasteiger partial charge in [-0.1, -0.05) is 13.8 Å². The van der Waals surface area contributed by atoms with Crippen LogP contribution in [0.15, 0.2) is 18.2 Å². The van der Waals surface area contributed by atoms with Crippen LogP contribution in [0.25, 0.3) is 0 Å². The second-order valence-corrected chi connectivity index (χ2v) is 5.56. The Morgan fingerprint density at radius 2 is 2.21 bits per heavy atom. The van der Waals surface area contributed by atoms with Crippen LogP contribution in [-0.2, 0) is 0 Å². The Morgan fingerprint density at radius 3 is 2.68 bits per heavy atom. The van der Waals surface area contributed by atoms with E-state index in [4.69, 9.17) is 5.11 Å². The predicted molar refractivity (Wildman–Crippen MR) is 70.4 cm³/mol. The summed E-state index contributed by atoms with van der Waals surface area (Å²) in [4.78, 5) is 21.3. The maximum absolute atomic E-state index is 10.9. The van der Waals surface area contributed by atoms with Gasteiger partial charge in [-0.05, 0) is 29.9 Å². The van der Waals surface area contributed by atoms with Gasteiger partial charge in [-0.25, -0.2) is 4.79 Å². The third-order valence-electron chi connectivity index (χ3n) is 3.70. The van der Waals surface area contributed by atoms with Crippen molar-refractivity contribution in [1.29, 1.82) is 0 Å². The number of carboxylic acid groups (broad SMARTS) is 1. The first-order valence-corrected chi connectivity index (χ1v) is 6.07. The lowest BCUT2D eigenvalue weighted by atomic mass is 10.1. The molecule has 1 unspecified atom stereocenters. The second-order valence-electron chi connectivity index (χ2n) is 5.56. The number of hydrogen-bond donors (Lipinski definition) is 2. The minimum absolute atomic E-state index is 0.0446. The standard InChI is InChI=1S/C13H16N2O4/c1-13(2)6-9(13)7-14-10-5-8(12(16)17)3-4-11(10)15(18)19/h3-5,9,14H,6-7H2,1-2H3,(H,16,17). The van der Waals surface area contributed by atoms with Gasteiger partial charge in [0.2, 0.25) is 0 Å². The summed E-state index contributed by atoms with van der Waals surface area (Å²) in [5.74, 6) is -0.620. The summed E-state index contributed by atoms with van der Waals surface area (Å²) in [7, 11) is 0. The summed E-state index contributed by atoms with van der Waals surface area (Å²) in [6.07, 6.45) is 1.08. The maximum Gasteiger partial charge on any atom is 0.335 e. The van der Waals surface area contributed by atoms with Crippen molar-refractivity contribution in [3.05, 3.63) is 33.9 Å². The van der Waals surface area contributed by atoms with Crippen LogP contribution in [0.2, 0.25) is 0 Å². The fraction of sp³-hybridized carbons (Fsp3) is 0.462. The highest BCUT2D eigenvalue weighted by atomic mass is 16.6. The van der Waals surface area contributed by atoms with Gasteiger partial charge in [-0.2, -0.15) is 0 Å². The van der Waals surface area contributed by atoms with Gasteiger partial charge in [0.1, 0.15) is 5.69 Å². The smallest absolute Gasteiger partial charge is 0.335 e. The van der Waals surface area contributed by atoms with E-state index >= 15 is 0 Å². The zero-order chi connectivity index (χ0) is 14.2. The number of anilines is 1. The van der Waals surface area contributed by atoms with Gasteiger partial charge in [-0.3, -0.25) is 10.1 Å². The van der Waals surface area contributed by atoms with Crippen LogP contribution in [0.1, 0.15) is 30.6 Å². The lowest BCUT2D eigenvalue weighted by Gasteiger charge is -2.09. The first-order chi connectivity index (χ1) is 8.81. The van der Waals surface area contributed by atoms with Gasteiger partial charge in [0.05, 0.1) is 10.5 Å². The van der Waals surface area contributed by atoms with Gasteiger partial charge in [0.25, 0.3) is 5.69 Å². The highest BCUT2D eigenvalue weighted by Gasteiger charge is 2.45. The summed E-state index contributed by atoms with van der Waals surface area (Å²) in [6.45, 7) is 4.90. The van der Waals surface area contributed by atoms with Crippen LogP contribution >= 0.6 is 0 Å². The van der Waals surface area contributed by atoms with Crippen molar-refractivity contribution in [1.82, 2.24) is 0 Å². The van der Waals surface area contributed by atoms with E-state index in [-0.39, 0.29) is 22.4 Å². The Bertz CT molecular complexity index is 539. The molecule has 0 amide bonds. The van der Waals surface area contributed by atoms with Crippen molar-refractivity contribution < 1.29 is 14.8 Å². The van der Waals surface area contributed by atoms with Gasteiger partial charge >= 0.3 is 5.97 Å². The molecular weight excluding hydrogens is 248 g/mol. The molecule has 6 nitrogen and oxygen atoms in total. The first kappa shape index (κ1) is 13.3. The minimum Gasteiger partial charge on any atom is -0.478 e. The molecule has 1 aliphatic rings. The molecule has 0 radical (unpaired) electrons. The van der Waals surface area contributed by atoms with Crippen LogP contribution in [0.4, 0.5) is 11.4 Å². The predicted octanol–water partition coefficient (Wildman–Crippen LogP) is 2.75. The number of rotatable bonds is 5. The van der Waals surface area contributed by atoms with Crippen molar-refractivity contribution in [3.8, 4) is 0 Å². The summed E-state index contributed by atoms with van der Waals surface area (Å²) in [6, 6.07) is 3.78. The molecule has 0 aromatic heterocycles. The number of hydrogen-bond acceptors (Lipinski definition) is 4. The molecule has 0 aliphatic heterocycles. The van der Waals surface area contributed by atoms with Crippen molar-refractivity contribution in [2.45, 2.75) is 20.3 Å². The molecule has 0 saturated heterocycles. The third kappa shape index (κ3) is 2.83.